The number of anilines is 2. The number of hydrogen-bond acceptors (Lipinski definition) is 5. The highest BCUT2D eigenvalue weighted by Crippen LogP contribution is 2.22. The highest BCUT2D eigenvalue weighted by atomic mass is 32.2. The van der Waals surface area contributed by atoms with E-state index in [0.29, 0.717) is 18.7 Å². The summed E-state index contributed by atoms with van der Waals surface area (Å²) in [6.07, 6.45) is 2.08. The summed E-state index contributed by atoms with van der Waals surface area (Å²) in [6.45, 7) is 6.39. The van der Waals surface area contributed by atoms with Crippen molar-refractivity contribution in [2.24, 2.45) is 0 Å². The molecule has 1 saturated heterocycles. The van der Waals surface area contributed by atoms with Crippen LogP contribution in [0.5, 0.6) is 0 Å². The molecule has 144 valence electrons. The van der Waals surface area contributed by atoms with E-state index in [-0.39, 0.29) is 23.5 Å². The third kappa shape index (κ3) is 4.66. The Bertz CT molecular complexity index is 936. The van der Waals surface area contributed by atoms with Gasteiger partial charge in [0.1, 0.15) is 5.69 Å². The Labute approximate surface area is 160 Å². The maximum absolute atomic E-state index is 12.9. The van der Waals surface area contributed by atoms with Gasteiger partial charge < -0.3 is 10.2 Å². The minimum Gasteiger partial charge on any atom is -0.355 e. The van der Waals surface area contributed by atoms with E-state index in [1.54, 1.807) is 17.2 Å². The van der Waals surface area contributed by atoms with Crippen LogP contribution >= 0.6 is 0 Å². The molecule has 6 nitrogen and oxygen atoms in total. The van der Waals surface area contributed by atoms with Crippen molar-refractivity contribution in [2.75, 3.05) is 23.4 Å². The Morgan fingerprint density at radius 2 is 1.89 bits per heavy atom. The SMILES string of the molecule is CCN(C(=O)c1cc(Nc2cc(C)cc(C)c2)ccn1)C1CCS(=O)(=O)C1. The average molecular weight is 388 g/mol. The molecule has 0 radical (unpaired) electrons. The smallest absolute Gasteiger partial charge is 0.272 e. The predicted octanol–water partition coefficient (Wildman–Crippen LogP) is 3.09. The minimum absolute atomic E-state index is 0.0348. The van der Waals surface area contributed by atoms with Gasteiger partial charge in [0.05, 0.1) is 11.5 Å². The Morgan fingerprint density at radius 3 is 2.48 bits per heavy atom. The summed E-state index contributed by atoms with van der Waals surface area (Å²) in [5.74, 6) is -0.0559. The fraction of sp³-hybridized carbons (Fsp3) is 0.400. The molecular formula is C20H25N3O3S. The number of sulfone groups is 1. The van der Waals surface area contributed by atoms with Gasteiger partial charge in [0, 0.05) is 30.2 Å². The largest absolute Gasteiger partial charge is 0.355 e. The first-order chi connectivity index (χ1) is 12.8. The molecule has 1 amide bonds. The highest BCUT2D eigenvalue weighted by molar-refractivity contribution is 7.91. The van der Waals surface area contributed by atoms with E-state index in [0.717, 1.165) is 22.5 Å². The third-order valence-electron chi connectivity index (χ3n) is 4.74. The number of amides is 1. The molecule has 1 aromatic heterocycles. The number of benzene rings is 1. The van der Waals surface area contributed by atoms with Gasteiger partial charge >= 0.3 is 0 Å². The molecule has 2 aromatic rings. The lowest BCUT2D eigenvalue weighted by Gasteiger charge is -2.26. The van der Waals surface area contributed by atoms with Gasteiger partial charge in [0.15, 0.2) is 9.84 Å². The number of pyridine rings is 1. The normalized spacial score (nSPS) is 18.3. The van der Waals surface area contributed by atoms with Crippen LogP contribution in [0.2, 0.25) is 0 Å². The molecule has 1 aromatic carbocycles. The predicted molar refractivity (Wildman–Crippen MR) is 107 cm³/mol. The lowest BCUT2D eigenvalue weighted by molar-refractivity contribution is 0.0702. The van der Waals surface area contributed by atoms with Crippen molar-refractivity contribution < 1.29 is 13.2 Å². The number of hydrogen-bond donors (Lipinski definition) is 1. The maximum atomic E-state index is 12.9. The van der Waals surface area contributed by atoms with Gasteiger partial charge in [-0.15, -0.1) is 0 Å². The molecule has 3 rings (SSSR count). The fourth-order valence-corrected chi connectivity index (χ4v) is 5.31. The molecule has 1 atom stereocenters. The molecule has 0 bridgehead atoms. The maximum Gasteiger partial charge on any atom is 0.272 e. The quantitative estimate of drug-likeness (QED) is 0.853. The molecule has 0 spiro atoms. The molecule has 1 aliphatic rings. The highest BCUT2D eigenvalue weighted by Gasteiger charge is 2.34. The number of carbonyl (C=O) groups excluding carboxylic acids is 1. The second-order valence-electron chi connectivity index (χ2n) is 7.08. The van der Waals surface area contributed by atoms with Crippen molar-refractivity contribution in [2.45, 2.75) is 33.2 Å². The van der Waals surface area contributed by atoms with Crippen LogP contribution in [0.3, 0.4) is 0 Å². The van der Waals surface area contributed by atoms with Gasteiger partial charge in [-0.25, -0.2) is 8.42 Å². The summed E-state index contributed by atoms with van der Waals surface area (Å²) in [5.41, 5.74) is 4.35. The van der Waals surface area contributed by atoms with E-state index in [4.69, 9.17) is 0 Å². The van der Waals surface area contributed by atoms with Crippen LogP contribution in [0.4, 0.5) is 11.4 Å². The topological polar surface area (TPSA) is 79.4 Å². The zero-order valence-electron chi connectivity index (χ0n) is 15.9. The van der Waals surface area contributed by atoms with Crippen LogP contribution in [0.1, 0.15) is 35.0 Å². The first-order valence-corrected chi connectivity index (χ1v) is 10.9. The Kier molecular flexibility index (Phi) is 5.51. The molecular weight excluding hydrogens is 362 g/mol. The number of aromatic nitrogens is 1. The van der Waals surface area contributed by atoms with E-state index < -0.39 is 9.84 Å². The van der Waals surface area contributed by atoms with Gasteiger partial charge in [0.2, 0.25) is 0 Å². The van der Waals surface area contributed by atoms with Gasteiger partial charge in [-0.3, -0.25) is 9.78 Å². The lowest BCUT2D eigenvalue weighted by atomic mass is 10.1. The van der Waals surface area contributed by atoms with Gasteiger partial charge in [0.25, 0.3) is 5.91 Å². The molecule has 7 heteroatoms. The second kappa shape index (κ2) is 7.68. The third-order valence-corrected chi connectivity index (χ3v) is 6.49. The van der Waals surface area contributed by atoms with Gasteiger partial charge in [-0.2, -0.15) is 0 Å². The molecule has 0 aliphatic carbocycles. The van der Waals surface area contributed by atoms with E-state index in [1.807, 2.05) is 39.0 Å². The molecule has 2 heterocycles. The van der Waals surface area contributed by atoms with Crippen molar-refractivity contribution in [3.8, 4) is 0 Å². The van der Waals surface area contributed by atoms with Crippen LogP contribution in [0.25, 0.3) is 0 Å². The van der Waals surface area contributed by atoms with Crippen molar-refractivity contribution >= 4 is 27.1 Å². The Balaban J connectivity index is 1.80. The Hall–Kier alpha value is -2.41. The van der Waals surface area contributed by atoms with Crippen molar-refractivity contribution in [1.82, 2.24) is 9.88 Å². The number of carbonyl (C=O) groups is 1. The summed E-state index contributed by atoms with van der Waals surface area (Å²) in [5, 5.41) is 3.31. The Morgan fingerprint density at radius 1 is 1.19 bits per heavy atom. The molecule has 1 fully saturated rings. The van der Waals surface area contributed by atoms with E-state index in [2.05, 4.69) is 16.4 Å². The summed E-state index contributed by atoms with van der Waals surface area (Å²) in [6, 6.07) is 9.43. The number of nitrogens with one attached hydrogen (secondary N) is 1. The summed E-state index contributed by atoms with van der Waals surface area (Å²) in [4.78, 5) is 18.8. The number of aryl methyl sites for hydroxylation is 2. The first kappa shape index (κ1) is 19.4. The van der Waals surface area contributed by atoms with E-state index in [9.17, 15) is 13.2 Å². The standard InChI is InChI=1S/C20H25N3O3S/c1-4-23(18-6-8-27(25,26)13-18)20(24)19-12-16(5-7-21-19)22-17-10-14(2)9-15(3)11-17/h5,7,9-12,18H,4,6,8,13H2,1-3H3,(H,21,22). The zero-order valence-corrected chi connectivity index (χ0v) is 16.7. The monoisotopic (exact) mass is 387 g/mol. The molecule has 0 saturated carbocycles. The molecule has 1 aliphatic heterocycles. The van der Waals surface area contributed by atoms with Crippen molar-refractivity contribution in [1.29, 1.82) is 0 Å². The van der Waals surface area contributed by atoms with Crippen LogP contribution in [-0.4, -0.2) is 48.3 Å². The molecule has 1 N–H and O–H groups in total. The average Bonchev–Trinajstić information content (AvgIpc) is 2.94. The lowest BCUT2D eigenvalue weighted by Crippen LogP contribution is -2.41. The molecule has 27 heavy (non-hydrogen) atoms. The van der Waals surface area contributed by atoms with Crippen LogP contribution < -0.4 is 5.32 Å². The second-order valence-corrected chi connectivity index (χ2v) is 9.31. The number of nitrogens with zero attached hydrogens (tertiary/aromatic N) is 2. The minimum atomic E-state index is -3.05. The fourth-order valence-electron chi connectivity index (χ4n) is 3.57. The summed E-state index contributed by atoms with van der Waals surface area (Å²) in [7, 11) is -3.05. The zero-order chi connectivity index (χ0) is 19.6. The van der Waals surface area contributed by atoms with Gasteiger partial charge in [-0.1, -0.05) is 6.07 Å². The van der Waals surface area contributed by atoms with E-state index >= 15 is 0 Å². The molecule has 1 unspecified atom stereocenters. The first-order valence-electron chi connectivity index (χ1n) is 9.10. The van der Waals surface area contributed by atoms with E-state index in [1.165, 1.54) is 0 Å². The van der Waals surface area contributed by atoms with Crippen molar-refractivity contribution in [3.63, 3.8) is 0 Å². The van der Waals surface area contributed by atoms with Crippen LogP contribution in [0.15, 0.2) is 36.5 Å². The van der Waals surface area contributed by atoms with Crippen LogP contribution in [0, 0.1) is 13.8 Å². The number of rotatable bonds is 5. The summed E-state index contributed by atoms with van der Waals surface area (Å²) >= 11 is 0. The van der Waals surface area contributed by atoms with Gasteiger partial charge in [-0.05, 0) is 62.6 Å². The van der Waals surface area contributed by atoms with Crippen LogP contribution in [-0.2, 0) is 9.84 Å². The summed E-state index contributed by atoms with van der Waals surface area (Å²) < 4.78 is 23.5. The van der Waals surface area contributed by atoms with Crippen molar-refractivity contribution in [3.05, 3.63) is 53.3 Å².